The van der Waals surface area contributed by atoms with E-state index in [1.54, 1.807) is 0 Å². The number of hydrogen-bond acceptors (Lipinski definition) is 3. The zero-order valence-corrected chi connectivity index (χ0v) is 13.6. The van der Waals surface area contributed by atoms with Gasteiger partial charge in [0.1, 0.15) is 11.5 Å². The second kappa shape index (κ2) is 5.41. The van der Waals surface area contributed by atoms with E-state index in [-0.39, 0.29) is 33.6 Å². The molecule has 0 bridgehead atoms. The molecule has 4 nitrogen and oxygen atoms in total. The van der Waals surface area contributed by atoms with E-state index >= 15 is 0 Å². The van der Waals surface area contributed by atoms with Gasteiger partial charge in [0.2, 0.25) is 0 Å². The molecule has 2 aliphatic carbocycles. The fraction of sp³-hybridized carbons (Fsp3) is 0.647. The maximum Gasteiger partial charge on any atom is 0.167 e. The van der Waals surface area contributed by atoms with Crippen molar-refractivity contribution in [2.75, 3.05) is 0 Å². The van der Waals surface area contributed by atoms with Crippen LogP contribution in [0.4, 0.5) is 0 Å². The molecule has 0 heterocycles. The second-order valence-electron chi connectivity index (χ2n) is 7.69. The summed E-state index contributed by atoms with van der Waals surface area (Å²) in [6.07, 6.45) is 1.81. The second-order valence-corrected chi connectivity index (χ2v) is 7.69. The van der Waals surface area contributed by atoms with Gasteiger partial charge in [-0.25, -0.2) is 0 Å². The third-order valence-corrected chi connectivity index (χ3v) is 4.31. The van der Waals surface area contributed by atoms with Gasteiger partial charge >= 0.3 is 0 Å². The molecule has 0 amide bonds. The first-order valence-corrected chi connectivity index (χ1v) is 7.21. The Morgan fingerprint density at radius 3 is 2.05 bits per heavy atom. The smallest absolute Gasteiger partial charge is 0.167 e. The van der Waals surface area contributed by atoms with Gasteiger partial charge in [0.05, 0.1) is 5.57 Å². The number of aliphatic hydroxyl groups excluding tert-OH is 1. The zero-order valence-electron chi connectivity index (χ0n) is 13.6. The summed E-state index contributed by atoms with van der Waals surface area (Å²) in [5.41, 5.74) is 1.75. The van der Waals surface area contributed by atoms with Crippen LogP contribution in [-0.4, -0.2) is 22.1 Å². The van der Waals surface area contributed by atoms with Crippen molar-refractivity contribution in [1.29, 1.82) is 0 Å². The molecule has 2 rings (SSSR count). The summed E-state index contributed by atoms with van der Waals surface area (Å²) in [6.45, 7) is 9.86. The SMILES string of the molecule is CC1=C(C2=C(O)CC(C)(C)CC2=O)C(C)(C)CC(=O)C1.O. The summed E-state index contributed by atoms with van der Waals surface area (Å²) in [6, 6.07) is 0. The van der Waals surface area contributed by atoms with Crippen LogP contribution in [0, 0.1) is 10.8 Å². The molecule has 3 N–H and O–H groups in total. The van der Waals surface area contributed by atoms with Gasteiger partial charge in [-0.1, -0.05) is 33.3 Å². The summed E-state index contributed by atoms with van der Waals surface area (Å²) >= 11 is 0. The van der Waals surface area contributed by atoms with Crippen LogP contribution in [0.3, 0.4) is 0 Å². The minimum atomic E-state index is -0.375. The monoisotopic (exact) mass is 294 g/mol. The van der Waals surface area contributed by atoms with E-state index in [9.17, 15) is 14.7 Å². The normalized spacial score (nSPS) is 25.0. The van der Waals surface area contributed by atoms with Crippen LogP contribution >= 0.6 is 0 Å². The van der Waals surface area contributed by atoms with E-state index in [1.165, 1.54) is 0 Å². The Hall–Kier alpha value is -1.42. The molecule has 0 unspecified atom stereocenters. The quantitative estimate of drug-likeness (QED) is 0.806. The Morgan fingerprint density at radius 1 is 1.00 bits per heavy atom. The Morgan fingerprint density at radius 2 is 1.57 bits per heavy atom. The fourth-order valence-electron chi connectivity index (χ4n) is 3.73. The lowest BCUT2D eigenvalue weighted by Gasteiger charge is -2.38. The minimum absolute atomic E-state index is 0. The molecule has 0 fully saturated rings. The number of hydrogen-bond donors (Lipinski definition) is 1. The van der Waals surface area contributed by atoms with Crippen molar-refractivity contribution in [2.24, 2.45) is 10.8 Å². The highest BCUT2D eigenvalue weighted by atomic mass is 16.3. The Kier molecular flexibility index (Phi) is 4.54. The van der Waals surface area contributed by atoms with E-state index in [4.69, 9.17) is 0 Å². The summed E-state index contributed by atoms with van der Waals surface area (Å²) in [5, 5.41) is 10.4. The van der Waals surface area contributed by atoms with Crippen molar-refractivity contribution in [3.63, 3.8) is 0 Å². The summed E-state index contributed by atoms with van der Waals surface area (Å²) in [7, 11) is 0. The molecule has 0 saturated carbocycles. The predicted octanol–water partition coefficient (Wildman–Crippen LogP) is 3.07. The molecule has 0 aliphatic heterocycles. The molecular weight excluding hydrogens is 268 g/mol. The number of Topliss-reactive ketones (excluding diaryl/α,β-unsaturated/α-hetero) is 2. The molecule has 0 radical (unpaired) electrons. The maximum atomic E-state index is 12.5. The topological polar surface area (TPSA) is 85.9 Å². The number of rotatable bonds is 1. The molecule has 0 aromatic rings. The van der Waals surface area contributed by atoms with Crippen molar-refractivity contribution in [2.45, 2.75) is 60.3 Å². The maximum absolute atomic E-state index is 12.5. The molecule has 0 spiro atoms. The Bertz CT molecular complexity index is 547. The lowest BCUT2D eigenvalue weighted by atomic mass is 9.65. The highest BCUT2D eigenvalue weighted by Crippen LogP contribution is 2.47. The van der Waals surface area contributed by atoms with Crippen LogP contribution < -0.4 is 0 Å². The first-order chi connectivity index (χ1) is 9.03. The fourth-order valence-corrected chi connectivity index (χ4v) is 3.73. The lowest BCUT2D eigenvalue weighted by molar-refractivity contribution is -0.121. The Balaban J connectivity index is 0.00000220. The van der Waals surface area contributed by atoms with E-state index in [1.807, 2.05) is 34.6 Å². The zero-order chi connectivity index (χ0) is 15.3. The van der Waals surface area contributed by atoms with Crippen LogP contribution in [0.25, 0.3) is 0 Å². The summed E-state index contributed by atoms with van der Waals surface area (Å²) in [5.74, 6) is 0.415. The van der Waals surface area contributed by atoms with Crippen molar-refractivity contribution in [3.05, 3.63) is 22.5 Å². The average molecular weight is 294 g/mol. The van der Waals surface area contributed by atoms with Gasteiger partial charge in [0.15, 0.2) is 5.78 Å². The number of allylic oxidation sites excluding steroid dienone is 4. The van der Waals surface area contributed by atoms with E-state index in [0.29, 0.717) is 31.3 Å². The lowest BCUT2D eigenvalue weighted by Crippen LogP contribution is -2.33. The first-order valence-electron chi connectivity index (χ1n) is 7.21. The van der Waals surface area contributed by atoms with E-state index in [2.05, 4.69) is 0 Å². The highest BCUT2D eigenvalue weighted by Gasteiger charge is 2.41. The van der Waals surface area contributed by atoms with Crippen LogP contribution in [0.2, 0.25) is 0 Å². The Labute approximate surface area is 126 Å². The molecule has 0 aromatic carbocycles. The number of ketones is 2. The first kappa shape index (κ1) is 17.6. The minimum Gasteiger partial charge on any atom is -0.512 e. The third kappa shape index (κ3) is 3.26. The molecule has 118 valence electrons. The molecular formula is C17H26O4. The molecule has 0 atom stereocenters. The standard InChI is InChI=1S/C17H24O3.H2O/c1-10-6-11(18)7-17(4,5)15(10)14-12(19)8-16(2,3)9-13(14)20;/h19H,6-9H2,1-5H3;1H2. The highest BCUT2D eigenvalue weighted by molar-refractivity contribution is 6.02. The van der Waals surface area contributed by atoms with E-state index in [0.717, 1.165) is 11.1 Å². The largest absolute Gasteiger partial charge is 0.512 e. The van der Waals surface area contributed by atoms with Gasteiger partial charge in [-0.3, -0.25) is 9.59 Å². The van der Waals surface area contributed by atoms with E-state index < -0.39 is 0 Å². The van der Waals surface area contributed by atoms with Gasteiger partial charge in [-0.15, -0.1) is 0 Å². The van der Waals surface area contributed by atoms with Crippen molar-refractivity contribution in [3.8, 4) is 0 Å². The third-order valence-electron chi connectivity index (χ3n) is 4.31. The molecule has 4 heteroatoms. The molecule has 2 aliphatic rings. The van der Waals surface area contributed by atoms with Crippen LogP contribution in [0.1, 0.15) is 60.3 Å². The van der Waals surface area contributed by atoms with Gasteiger partial charge in [-0.05, 0) is 23.3 Å². The van der Waals surface area contributed by atoms with Gasteiger partial charge < -0.3 is 10.6 Å². The van der Waals surface area contributed by atoms with Crippen LogP contribution in [-0.2, 0) is 9.59 Å². The molecule has 21 heavy (non-hydrogen) atoms. The summed E-state index contributed by atoms with van der Waals surface area (Å²) < 4.78 is 0. The number of aliphatic hydroxyl groups is 1. The van der Waals surface area contributed by atoms with Crippen molar-refractivity contribution >= 4 is 11.6 Å². The average Bonchev–Trinajstić information content (AvgIpc) is 2.17. The van der Waals surface area contributed by atoms with Gasteiger partial charge in [-0.2, -0.15) is 0 Å². The number of carbonyl (C=O) groups is 2. The van der Waals surface area contributed by atoms with Crippen LogP contribution in [0.15, 0.2) is 22.5 Å². The molecule has 0 aromatic heterocycles. The summed E-state index contributed by atoms with van der Waals surface area (Å²) in [4.78, 5) is 24.3. The van der Waals surface area contributed by atoms with Crippen molar-refractivity contribution in [1.82, 2.24) is 0 Å². The van der Waals surface area contributed by atoms with Crippen LogP contribution in [0.5, 0.6) is 0 Å². The van der Waals surface area contributed by atoms with Gasteiger partial charge in [0.25, 0.3) is 0 Å². The predicted molar refractivity (Wildman–Crippen MR) is 82.0 cm³/mol. The molecule has 0 saturated heterocycles. The number of carbonyl (C=O) groups excluding carboxylic acids is 2. The van der Waals surface area contributed by atoms with Gasteiger partial charge in [0, 0.05) is 25.7 Å². The van der Waals surface area contributed by atoms with Crippen molar-refractivity contribution < 1.29 is 20.2 Å².